The molecular formula is C22H21FN2O2S. The van der Waals surface area contributed by atoms with Crippen molar-refractivity contribution in [3.63, 3.8) is 0 Å². The average Bonchev–Trinajstić information content (AvgIpc) is 3.39. The summed E-state index contributed by atoms with van der Waals surface area (Å²) in [6.45, 7) is 3.10. The lowest BCUT2D eigenvalue weighted by Crippen LogP contribution is -2.38. The van der Waals surface area contributed by atoms with Gasteiger partial charge in [0.05, 0.1) is 23.9 Å². The van der Waals surface area contributed by atoms with Crippen molar-refractivity contribution in [2.24, 2.45) is 0 Å². The summed E-state index contributed by atoms with van der Waals surface area (Å²) >= 11 is 1.38. The number of ether oxygens (including phenoxy) is 1. The maximum Gasteiger partial charge on any atom is 0.263 e. The van der Waals surface area contributed by atoms with Crippen molar-refractivity contribution in [2.75, 3.05) is 18.1 Å². The fourth-order valence-corrected chi connectivity index (χ4v) is 4.11. The van der Waals surface area contributed by atoms with Gasteiger partial charge in [-0.05, 0) is 31.9 Å². The lowest BCUT2D eigenvalue weighted by molar-refractivity contribution is 0.0914. The van der Waals surface area contributed by atoms with Crippen LogP contribution in [0.1, 0.15) is 28.8 Å². The highest BCUT2D eigenvalue weighted by atomic mass is 32.1. The number of carbonyl (C=O) groups is 1. The number of anilines is 1. The van der Waals surface area contributed by atoms with E-state index in [1.807, 2.05) is 36.6 Å². The number of aryl methyl sites for hydroxylation is 1. The summed E-state index contributed by atoms with van der Waals surface area (Å²) in [5.41, 5.74) is 3.02. The minimum atomic E-state index is -0.528. The van der Waals surface area contributed by atoms with Crippen molar-refractivity contribution in [3.8, 4) is 11.3 Å². The van der Waals surface area contributed by atoms with E-state index in [0.29, 0.717) is 18.3 Å². The molecule has 4 rings (SSSR count). The number of carbonyl (C=O) groups excluding carboxylic acids is 1. The van der Waals surface area contributed by atoms with Crippen molar-refractivity contribution < 1.29 is 13.9 Å². The highest BCUT2D eigenvalue weighted by Crippen LogP contribution is 2.30. The maximum atomic E-state index is 14.2. The van der Waals surface area contributed by atoms with E-state index in [4.69, 9.17) is 4.74 Å². The largest absolute Gasteiger partial charge is 0.376 e. The van der Waals surface area contributed by atoms with Crippen molar-refractivity contribution in [1.29, 1.82) is 0 Å². The number of benzene rings is 2. The van der Waals surface area contributed by atoms with E-state index in [1.165, 1.54) is 29.0 Å². The molecule has 0 saturated carbocycles. The van der Waals surface area contributed by atoms with E-state index in [-0.39, 0.29) is 11.7 Å². The molecule has 0 bridgehead atoms. The van der Waals surface area contributed by atoms with Crippen LogP contribution in [0.5, 0.6) is 0 Å². The first-order valence-electron chi connectivity index (χ1n) is 9.32. The molecule has 6 heteroatoms. The third-order valence-corrected chi connectivity index (χ3v) is 5.69. The molecule has 1 aliphatic heterocycles. The van der Waals surface area contributed by atoms with Crippen LogP contribution in [0, 0.1) is 12.7 Å². The van der Waals surface area contributed by atoms with Crippen LogP contribution < -0.4 is 4.90 Å². The van der Waals surface area contributed by atoms with Crippen LogP contribution in [-0.4, -0.2) is 30.1 Å². The Kier molecular flexibility index (Phi) is 5.50. The second-order valence-electron chi connectivity index (χ2n) is 6.91. The first-order chi connectivity index (χ1) is 13.6. The molecule has 1 aromatic heterocycles. The molecule has 3 aromatic rings. The lowest BCUT2D eigenvalue weighted by Gasteiger charge is -2.23. The quantitative estimate of drug-likeness (QED) is 0.604. The molecule has 0 radical (unpaired) electrons. The van der Waals surface area contributed by atoms with Crippen molar-refractivity contribution in [3.05, 3.63) is 70.9 Å². The normalized spacial score (nSPS) is 16.3. The summed E-state index contributed by atoms with van der Waals surface area (Å²) in [6, 6.07) is 14.1. The van der Waals surface area contributed by atoms with E-state index in [1.54, 1.807) is 17.0 Å². The highest BCUT2D eigenvalue weighted by molar-refractivity contribution is 7.14. The Hall–Kier alpha value is -2.57. The molecule has 1 atom stereocenters. The van der Waals surface area contributed by atoms with Gasteiger partial charge in [0.25, 0.3) is 5.91 Å². The number of rotatable bonds is 5. The molecule has 1 amide bonds. The van der Waals surface area contributed by atoms with Crippen LogP contribution >= 0.6 is 11.3 Å². The van der Waals surface area contributed by atoms with Crippen LogP contribution in [0.2, 0.25) is 0 Å². The number of thiazole rings is 1. The number of nitrogens with zero attached hydrogens (tertiary/aromatic N) is 2. The van der Waals surface area contributed by atoms with Gasteiger partial charge >= 0.3 is 0 Å². The van der Waals surface area contributed by atoms with E-state index >= 15 is 0 Å². The van der Waals surface area contributed by atoms with Gasteiger partial charge in [-0.2, -0.15) is 0 Å². The van der Waals surface area contributed by atoms with Gasteiger partial charge in [-0.3, -0.25) is 9.69 Å². The molecule has 4 nitrogen and oxygen atoms in total. The third-order valence-electron chi connectivity index (χ3n) is 4.83. The number of amides is 1. The summed E-state index contributed by atoms with van der Waals surface area (Å²) in [7, 11) is 0. The summed E-state index contributed by atoms with van der Waals surface area (Å²) in [4.78, 5) is 19.4. The van der Waals surface area contributed by atoms with E-state index in [2.05, 4.69) is 4.98 Å². The summed E-state index contributed by atoms with van der Waals surface area (Å²) < 4.78 is 20.0. The van der Waals surface area contributed by atoms with Crippen LogP contribution in [0.15, 0.2) is 53.9 Å². The fraction of sp³-hybridized carbons (Fsp3) is 0.273. The number of aromatic nitrogens is 1. The van der Waals surface area contributed by atoms with Crippen LogP contribution in [0.3, 0.4) is 0 Å². The Morgan fingerprint density at radius 2 is 2.04 bits per heavy atom. The van der Waals surface area contributed by atoms with Crippen LogP contribution in [-0.2, 0) is 4.74 Å². The predicted molar refractivity (Wildman–Crippen MR) is 109 cm³/mol. The molecule has 0 N–H and O–H groups in total. The predicted octanol–water partition coefficient (Wildman–Crippen LogP) is 5.08. The molecule has 0 aliphatic carbocycles. The van der Waals surface area contributed by atoms with E-state index in [9.17, 15) is 9.18 Å². The zero-order valence-corrected chi connectivity index (χ0v) is 16.4. The smallest absolute Gasteiger partial charge is 0.263 e. The number of hydrogen-bond acceptors (Lipinski definition) is 4. The van der Waals surface area contributed by atoms with Gasteiger partial charge in [-0.15, -0.1) is 11.3 Å². The Bertz CT molecular complexity index is 965. The molecule has 2 heterocycles. The van der Waals surface area contributed by atoms with Crippen molar-refractivity contribution in [1.82, 2.24) is 4.98 Å². The molecule has 144 valence electrons. The Morgan fingerprint density at radius 3 is 2.75 bits per heavy atom. The zero-order valence-electron chi connectivity index (χ0n) is 15.6. The maximum absolute atomic E-state index is 14.2. The monoisotopic (exact) mass is 396 g/mol. The molecule has 28 heavy (non-hydrogen) atoms. The SMILES string of the molecule is Cc1ccc(-c2csc(N(C[C@H]3CCCO3)C(=O)c3ccccc3F)n2)cc1. The van der Waals surface area contributed by atoms with Gasteiger partial charge in [-0.1, -0.05) is 42.0 Å². The number of hydrogen-bond donors (Lipinski definition) is 0. The molecule has 2 aromatic carbocycles. The molecular weight excluding hydrogens is 375 g/mol. The minimum Gasteiger partial charge on any atom is -0.376 e. The molecule has 0 unspecified atom stereocenters. The lowest BCUT2D eigenvalue weighted by atomic mass is 10.1. The number of halogens is 1. The molecule has 1 aliphatic rings. The summed E-state index contributed by atoms with van der Waals surface area (Å²) in [6.07, 6.45) is 1.80. The van der Waals surface area contributed by atoms with Crippen molar-refractivity contribution in [2.45, 2.75) is 25.9 Å². The van der Waals surface area contributed by atoms with Crippen molar-refractivity contribution >= 4 is 22.4 Å². The average molecular weight is 396 g/mol. The summed E-state index contributed by atoms with van der Waals surface area (Å²) in [5, 5.41) is 2.48. The second kappa shape index (κ2) is 8.20. The van der Waals surface area contributed by atoms with E-state index < -0.39 is 11.7 Å². The van der Waals surface area contributed by atoms with Crippen LogP contribution in [0.4, 0.5) is 9.52 Å². The topological polar surface area (TPSA) is 42.4 Å². The van der Waals surface area contributed by atoms with Gasteiger partial charge in [0.1, 0.15) is 5.82 Å². The molecule has 0 spiro atoms. The highest BCUT2D eigenvalue weighted by Gasteiger charge is 2.28. The van der Waals surface area contributed by atoms with Gasteiger partial charge in [-0.25, -0.2) is 9.37 Å². The standard InChI is InChI=1S/C22H21FN2O2S/c1-15-8-10-16(11-9-15)20-14-28-22(24-20)25(13-17-5-4-12-27-17)21(26)18-6-2-3-7-19(18)23/h2-3,6-11,14,17H,4-5,12-13H2,1H3/t17-/m1/s1. The van der Waals surface area contributed by atoms with E-state index in [0.717, 1.165) is 24.1 Å². The minimum absolute atomic E-state index is 0.0487. The third kappa shape index (κ3) is 3.98. The fourth-order valence-electron chi connectivity index (χ4n) is 3.27. The van der Waals surface area contributed by atoms with Gasteiger partial charge in [0.15, 0.2) is 5.13 Å². The van der Waals surface area contributed by atoms with Crippen LogP contribution in [0.25, 0.3) is 11.3 Å². The Labute approximate surface area is 167 Å². The first-order valence-corrected chi connectivity index (χ1v) is 10.2. The Morgan fingerprint density at radius 1 is 1.25 bits per heavy atom. The van der Waals surface area contributed by atoms with Gasteiger partial charge in [0.2, 0.25) is 0 Å². The summed E-state index contributed by atoms with van der Waals surface area (Å²) in [5.74, 6) is -0.918. The Balaban J connectivity index is 1.66. The van der Waals surface area contributed by atoms with Gasteiger partial charge < -0.3 is 4.74 Å². The zero-order chi connectivity index (χ0) is 19.5. The second-order valence-corrected chi connectivity index (χ2v) is 7.75. The first kappa shape index (κ1) is 18.8. The van der Waals surface area contributed by atoms with Gasteiger partial charge in [0, 0.05) is 17.6 Å². The molecule has 1 fully saturated rings. The molecule has 1 saturated heterocycles.